The number of carbonyl (C=O) groups excluding carboxylic acids is 1. The highest BCUT2D eigenvalue weighted by molar-refractivity contribution is 5.76. The second-order valence-corrected chi connectivity index (χ2v) is 6.01. The van der Waals surface area contributed by atoms with Gasteiger partial charge in [0.2, 0.25) is 5.91 Å². The number of rotatable bonds is 9. The molecule has 2 N–H and O–H groups in total. The Balaban J connectivity index is 2.51. The zero-order valence-electron chi connectivity index (χ0n) is 13.7. The van der Waals surface area contributed by atoms with Gasteiger partial charge in [0.15, 0.2) is 0 Å². The normalized spacial score (nSPS) is 12.4. The number of hydrogen-bond acceptors (Lipinski definition) is 2. The van der Waals surface area contributed by atoms with Crippen molar-refractivity contribution in [1.29, 1.82) is 0 Å². The number of carbonyl (C=O) groups is 1. The van der Waals surface area contributed by atoms with Gasteiger partial charge in [0, 0.05) is 19.5 Å². The minimum atomic E-state index is 0.254. The number of amides is 1. The number of benzene rings is 1. The van der Waals surface area contributed by atoms with Gasteiger partial charge in [-0.25, -0.2) is 0 Å². The van der Waals surface area contributed by atoms with Crippen LogP contribution in [-0.2, 0) is 11.3 Å². The highest BCUT2D eigenvalue weighted by Gasteiger charge is 2.17. The van der Waals surface area contributed by atoms with Crippen molar-refractivity contribution < 1.29 is 4.79 Å². The van der Waals surface area contributed by atoms with E-state index in [9.17, 15) is 4.79 Å². The van der Waals surface area contributed by atoms with E-state index >= 15 is 0 Å². The summed E-state index contributed by atoms with van der Waals surface area (Å²) in [5, 5.41) is 0. The Morgan fingerprint density at radius 3 is 2.38 bits per heavy atom. The molecule has 0 spiro atoms. The van der Waals surface area contributed by atoms with Crippen LogP contribution in [0.5, 0.6) is 0 Å². The Hall–Kier alpha value is -1.35. The van der Waals surface area contributed by atoms with E-state index in [1.165, 1.54) is 5.56 Å². The molecular weight excluding hydrogens is 260 g/mol. The fraction of sp³-hybridized carbons (Fsp3) is 0.611. The molecule has 1 aromatic rings. The van der Waals surface area contributed by atoms with E-state index in [4.69, 9.17) is 5.73 Å². The van der Waals surface area contributed by atoms with Crippen molar-refractivity contribution in [3.05, 3.63) is 35.9 Å². The third-order valence-electron chi connectivity index (χ3n) is 4.16. The Kier molecular flexibility index (Phi) is 8.06. The maximum Gasteiger partial charge on any atom is 0.222 e. The molecule has 1 unspecified atom stereocenters. The minimum Gasteiger partial charge on any atom is -0.339 e. The van der Waals surface area contributed by atoms with Gasteiger partial charge in [0.25, 0.3) is 0 Å². The molecular formula is C18H30N2O. The molecule has 0 aliphatic carbocycles. The van der Waals surface area contributed by atoms with E-state index in [1.807, 2.05) is 30.0 Å². The predicted octanol–water partition coefficient (Wildman–Crippen LogP) is 3.44. The van der Waals surface area contributed by atoms with Gasteiger partial charge in [0.1, 0.15) is 0 Å². The van der Waals surface area contributed by atoms with Crippen LogP contribution in [0.1, 0.15) is 45.6 Å². The van der Waals surface area contributed by atoms with Gasteiger partial charge in [-0.15, -0.1) is 0 Å². The summed E-state index contributed by atoms with van der Waals surface area (Å²) in [4.78, 5) is 14.3. The minimum absolute atomic E-state index is 0.254. The first-order valence-corrected chi connectivity index (χ1v) is 8.10. The maximum atomic E-state index is 12.4. The van der Waals surface area contributed by atoms with Crippen molar-refractivity contribution in [1.82, 2.24) is 4.90 Å². The highest BCUT2D eigenvalue weighted by atomic mass is 16.2. The van der Waals surface area contributed by atoms with E-state index in [-0.39, 0.29) is 5.91 Å². The molecule has 3 nitrogen and oxygen atoms in total. The number of nitrogens with two attached hydrogens (primary N) is 1. The molecule has 0 aliphatic rings. The predicted molar refractivity (Wildman–Crippen MR) is 88.8 cm³/mol. The van der Waals surface area contributed by atoms with Crippen LogP contribution in [0.25, 0.3) is 0 Å². The molecule has 21 heavy (non-hydrogen) atoms. The summed E-state index contributed by atoms with van der Waals surface area (Å²) in [6, 6.07) is 10.2. The molecule has 1 atom stereocenters. The van der Waals surface area contributed by atoms with Gasteiger partial charge in [-0.05, 0) is 43.7 Å². The SMILES string of the molecule is CCN(Cc1ccccc1)C(=O)CCC(CCN)C(C)C. The summed E-state index contributed by atoms with van der Waals surface area (Å²) in [5.41, 5.74) is 6.86. The summed E-state index contributed by atoms with van der Waals surface area (Å²) >= 11 is 0. The van der Waals surface area contributed by atoms with Crippen LogP contribution in [0.3, 0.4) is 0 Å². The van der Waals surface area contributed by atoms with Crippen molar-refractivity contribution in [3.8, 4) is 0 Å². The molecule has 0 fully saturated rings. The van der Waals surface area contributed by atoms with Crippen LogP contribution in [0.4, 0.5) is 0 Å². The molecule has 0 bridgehead atoms. The van der Waals surface area contributed by atoms with E-state index in [2.05, 4.69) is 26.0 Å². The third kappa shape index (κ3) is 6.30. The van der Waals surface area contributed by atoms with Crippen LogP contribution in [-0.4, -0.2) is 23.9 Å². The standard InChI is InChI=1S/C18H30N2O/c1-4-20(14-16-8-6-5-7-9-16)18(21)11-10-17(12-13-19)15(2)3/h5-9,15,17H,4,10-14,19H2,1-3H3. The molecule has 0 radical (unpaired) electrons. The van der Waals surface area contributed by atoms with Crippen molar-refractivity contribution in [2.75, 3.05) is 13.1 Å². The lowest BCUT2D eigenvalue weighted by Gasteiger charge is -2.24. The average molecular weight is 290 g/mol. The molecule has 3 heteroatoms. The van der Waals surface area contributed by atoms with E-state index in [1.54, 1.807) is 0 Å². The number of nitrogens with zero attached hydrogens (tertiary/aromatic N) is 1. The summed E-state index contributed by atoms with van der Waals surface area (Å²) in [7, 11) is 0. The fourth-order valence-electron chi connectivity index (χ4n) is 2.67. The van der Waals surface area contributed by atoms with Gasteiger partial charge >= 0.3 is 0 Å². The molecule has 118 valence electrons. The molecule has 1 aromatic carbocycles. The number of hydrogen-bond donors (Lipinski definition) is 1. The summed E-state index contributed by atoms with van der Waals surface area (Å²) < 4.78 is 0. The lowest BCUT2D eigenvalue weighted by molar-refractivity contribution is -0.132. The van der Waals surface area contributed by atoms with Crippen molar-refractivity contribution in [2.24, 2.45) is 17.6 Å². The first kappa shape index (κ1) is 17.7. The van der Waals surface area contributed by atoms with Crippen LogP contribution >= 0.6 is 0 Å². The van der Waals surface area contributed by atoms with Gasteiger partial charge in [-0.2, -0.15) is 0 Å². The molecule has 0 heterocycles. The van der Waals surface area contributed by atoms with Crippen molar-refractivity contribution in [3.63, 3.8) is 0 Å². The van der Waals surface area contributed by atoms with Crippen LogP contribution in [0.15, 0.2) is 30.3 Å². The summed E-state index contributed by atoms with van der Waals surface area (Å²) in [6.45, 7) is 8.65. The van der Waals surface area contributed by atoms with Crippen molar-refractivity contribution >= 4 is 5.91 Å². The topological polar surface area (TPSA) is 46.3 Å². The van der Waals surface area contributed by atoms with Crippen LogP contribution in [0, 0.1) is 11.8 Å². The smallest absolute Gasteiger partial charge is 0.222 e. The summed E-state index contributed by atoms with van der Waals surface area (Å²) in [6.07, 6.45) is 2.58. The lowest BCUT2D eigenvalue weighted by Crippen LogP contribution is -2.31. The quantitative estimate of drug-likeness (QED) is 0.757. The first-order chi connectivity index (χ1) is 10.1. The van der Waals surface area contributed by atoms with Crippen LogP contribution < -0.4 is 5.73 Å². The molecule has 1 amide bonds. The van der Waals surface area contributed by atoms with E-state index < -0.39 is 0 Å². The Bertz CT molecular complexity index is 403. The monoisotopic (exact) mass is 290 g/mol. The lowest BCUT2D eigenvalue weighted by atomic mass is 9.88. The Morgan fingerprint density at radius 1 is 1.19 bits per heavy atom. The Labute approximate surface area is 129 Å². The van der Waals surface area contributed by atoms with Gasteiger partial charge in [-0.1, -0.05) is 44.2 Å². The molecule has 0 aliphatic heterocycles. The Morgan fingerprint density at radius 2 is 1.86 bits per heavy atom. The summed E-state index contributed by atoms with van der Waals surface area (Å²) in [5.74, 6) is 1.39. The third-order valence-corrected chi connectivity index (χ3v) is 4.16. The van der Waals surface area contributed by atoms with E-state index in [0.29, 0.717) is 31.3 Å². The van der Waals surface area contributed by atoms with Crippen LogP contribution in [0.2, 0.25) is 0 Å². The zero-order chi connectivity index (χ0) is 15.7. The fourth-order valence-corrected chi connectivity index (χ4v) is 2.67. The van der Waals surface area contributed by atoms with Crippen molar-refractivity contribution in [2.45, 2.75) is 46.6 Å². The van der Waals surface area contributed by atoms with Gasteiger partial charge in [-0.3, -0.25) is 4.79 Å². The highest BCUT2D eigenvalue weighted by Crippen LogP contribution is 2.21. The van der Waals surface area contributed by atoms with Gasteiger partial charge in [0.05, 0.1) is 0 Å². The second-order valence-electron chi connectivity index (χ2n) is 6.01. The second kappa shape index (κ2) is 9.56. The maximum absolute atomic E-state index is 12.4. The zero-order valence-corrected chi connectivity index (χ0v) is 13.7. The molecule has 0 saturated carbocycles. The van der Waals surface area contributed by atoms with Gasteiger partial charge < -0.3 is 10.6 Å². The largest absolute Gasteiger partial charge is 0.339 e. The van der Waals surface area contributed by atoms with E-state index in [0.717, 1.165) is 19.4 Å². The first-order valence-electron chi connectivity index (χ1n) is 8.10. The molecule has 1 rings (SSSR count). The molecule has 0 aromatic heterocycles. The average Bonchev–Trinajstić information content (AvgIpc) is 2.49. The molecule has 0 saturated heterocycles.